The number of amides is 1. The molecule has 0 aliphatic carbocycles. The minimum Gasteiger partial charge on any atom is -0.494 e. The number of benzene rings is 1. The van der Waals surface area contributed by atoms with E-state index >= 15 is 0 Å². The van der Waals surface area contributed by atoms with E-state index in [2.05, 4.69) is 10.4 Å². The van der Waals surface area contributed by atoms with Gasteiger partial charge in [-0.25, -0.2) is 4.68 Å². The third kappa shape index (κ3) is 4.92. The molecule has 0 fully saturated rings. The van der Waals surface area contributed by atoms with Crippen molar-refractivity contribution >= 4 is 5.91 Å². The van der Waals surface area contributed by atoms with Gasteiger partial charge in [0.15, 0.2) is 0 Å². The Morgan fingerprint density at radius 2 is 1.96 bits per heavy atom. The molecule has 128 valence electrons. The summed E-state index contributed by atoms with van der Waals surface area (Å²) in [4.78, 5) is 23.7. The van der Waals surface area contributed by atoms with Crippen molar-refractivity contribution in [3.63, 3.8) is 0 Å². The van der Waals surface area contributed by atoms with Crippen molar-refractivity contribution in [1.82, 2.24) is 15.1 Å². The zero-order valence-electron chi connectivity index (χ0n) is 13.8. The van der Waals surface area contributed by atoms with Crippen LogP contribution >= 0.6 is 0 Å². The fourth-order valence-electron chi connectivity index (χ4n) is 2.09. The molecule has 0 radical (unpaired) electrons. The molecular formula is C17H21N3O4. The predicted molar refractivity (Wildman–Crippen MR) is 90.0 cm³/mol. The van der Waals surface area contributed by atoms with E-state index in [0.29, 0.717) is 25.5 Å². The van der Waals surface area contributed by atoms with E-state index in [9.17, 15) is 9.59 Å². The molecule has 0 saturated carbocycles. The Bertz CT molecular complexity index is 725. The standard InChI is InChI=1S/C17H21N3O4/c1-3-24-14-6-4-13(5-7-14)15-8-9-17(22)20(19-15)12-16(21)18-10-11-23-2/h4-9H,3,10-12H2,1-2H3,(H,18,21). The van der Waals surface area contributed by atoms with Gasteiger partial charge in [-0.05, 0) is 37.3 Å². The lowest BCUT2D eigenvalue weighted by atomic mass is 10.1. The van der Waals surface area contributed by atoms with Crippen LogP contribution in [0.4, 0.5) is 0 Å². The molecule has 0 aliphatic rings. The highest BCUT2D eigenvalue weighted by molar-refractivity contribution is 5.75. The summed E-state index contributed by atoms with van der Waals surface area (Å²) in [5, 5.41) is 6.92. The van der Waals surface area contributed by atoms with Crippen LogP contribution in [-0.2, 0) is 16.1 Å². The first kappa shape index (κ1) is 17.7. The van der Waals surface area contributed by atoms with Gasteiger partial charge in [0.25, 0.3) is 5.56 Å². The van der Waals surface area contributed by atoms with E-state index < -0.39 is 0 Å². The first-order valence-corrected chi connectivity index (χ1v) is 7.71. The summed E-state index contributed by atoms with van der Waals surface area (Å²) in [6, 6.07) is 10.4. The van der Waals surface area contributed by atoms with Crippen molar-refractivity contribution in [3.8, 4) is 17.0 Å². The third-order valence-electron chi connectivity index (χ3n) is 3.25. The minimum atomic E-state index is -0.327. The maximum absolute atomic E-state index is 11.9. The Hall–Kier alpha value is -2.67. The number of ether oxygens (including phenoxy) is 2. The largest absolute Gasteiger partial charge is 0.494 e. The SMILES string of the molecule is CCOc1ccc(-c2ccc(=O)n(CC(=O)NCCOC)n2)cc1. The Morgan fingerprint density at radius 3 is 2.62 bits per heavy atom. The number of nitrogens with one attached hydrogen (secondary N) is 1. The first-order valence-electron chi connectivity index (χ1n) is 7.71. The number of rotatable bonds is 8. The highest BCUT2D eigenvalue weighted by Crippen LogP contribution is 2.19. The minimum absolute atomic E-state index is 0.132. The highest BCUT2D eigenvalue weighted by atomic mass is 16.5. The lowest BCUT2D eigenvalue weighted by Gasteiger charge is -2.08. The van der Waals surface area contributed by atoms with Crippen LogP contribution in [0.25, 0.3) is 11.3 Å². The van der Waals surface area contributed by atoms with Gasteiger partial charge in [-0.15, -0.1) is 0 Å². The molecule has 7 heteroatoms. The van der Waals surface area contributed by atoms with Gasteiger partial charge in [0.1, 0.15) is 12.3 Å². The molecular weight excluding hydrogens is 310 g/mol. The summed E-state index contributed by atoms with van der Waals surface area (Å²) in [7, 11) is 1.55. The van der Waals surface area contributed by atoms with E-state index in [1.807, 2.05) is 31.2 Å². The normalized spacial score (nSPS) is 10.4. The van der Waals surface area contributed by atoms with Crippen molar-refractivity contribution < 1.29 is 14.3 Å². The molecule has 0 bridgehead atoms. The molecule has 0 atom stereocenters. The summed E-state index contributed by atoms with van der Waals surface area (Å²) in [5.74, 6) is 0.484. The number of hydrogen-bond acceptors (Lipinski definition) is 5. The zero-order chi connectivity index (χ0) is 17.4. The van der Waals surface area contributed by atoms with E-state index in [0.717, 1.165) is 16.0 Å². The molecule has 1 heterocycles. The quantitative estimate of drug-likeness (QED) is 0.732. The Balaban J connectivity index is 2.12. The highest BCUT2D eigenvalue weighted by Gasteiger charge is 2.08. The van der Waals surface area contributed by atoms with Crippen LogP contribution in [0, 0.1) is 0 Å². The molecule has 0 saturated heterocycles. The molecule has 1 aromatic carbocycles. The van der Waals surface area contributed by atoms with Crippen molar-refractivity contribution in [2.24, 2.45) is 0 Å². The number of aromatic nitrogens is 2. The van der Waals surface area contributed by atoms with Gasteiger partial charge in [-0.1, -0.05) is 0 Å². The second kappa shape index (κ2) is 8.83. The van der Waals surface area contributed by atoms with Crippen LogP contribution < -0.4 is 15.6 Å². The molecule has 1 N–H and O–H groups in total. The molecule has 1 aromatic heterocycles. The average molecular weight is 331 g/mol. The van der Waals surface area contributed by atoms with Crippen LogP contribution in [0.3, 0.4) is 0 Å². The number of methoxy groups -OCH3 is 1. The average Bonchev–Trinajstić information content (AvgIpc) is 2.58. The number of nitrogens with zero attached hydrogens (tertiary/aromatic N) is 2. The molecule has 1 amide bonds. The first-order chi connectivity index (χ1) is 11.6. The second-order valence-electron chi connectivity index (χ2n) is 5.01. The zero-order valence-corrected chi connectivity index (χ0v) is 13.8. The summed E-state index contributed by atoms with van der Waals surface area (Å²) in [5.41, 5.74) is 1.13. The Morgan fingerprint density at radius 1 is 1.21 bits per heavy atom. The lowest BCUT2D eigenvalue weighted by Crippen LogP contribution is -2.35. The molecule has 0 unspecified atom stereocenters. The summed E-state index contributed by atoms with van der Waals surface area (Å²) >= 11 is 0. The molecule has 0 aliphatic heterocycles. The van der Waals surface area contributed by atoms with E-state index in [1.54, 1.807) is 13.2 Å². The molecule has 0 spiro atoms. The van der Waals surface area contributed by atoms with Crippen LogP contribution in [0.5, 0.6) is 5.75 Å². The van der Waals surface area contributed by atoms with Crippen molar-refractivity contribution in [3.05, 3.63) is 46.8 Å². The van der Waals surface area contributed by atoms with Crippen molar-refractivity contribution in [2.45, 2.75) is 13.5 Å². The second-order valence-corrected chi connectivity index (χ2v) is 5.01. The predicted octanol–water partition coefficient (Wildman–Crippen LogP) is 1.07. The summed E-state index contributed by atoms with van der Waals surface area (Å²) in [6.45, 7) is 3.19. The maximum atomic E-state index is 11.9. The Kier molecular flexibility index (Phi) is 6.51. The van der Waals surface area contributed by atoms with Crippen molar-refractivity contribution in [1.29, 1.82) is 0 Å². The number of hydrogen-bond donors (Lipinski definition) is 1. The van der Waals surface area contributed by atoms with Crippen LogP contribution in [-0.4, -0.2) is 42.6 Å². The van der Waals surface area contributed by atoms with E-state index in [1.165, 1.54) is 6.07 Å². The van der Waals surface area contributed by atoms with E-state index in [4.69, 9.17) is 9.47 Å². The summed E-state index contributed by atoms with van der Waals surface area (Å²) < 4.78 is 11.4. The van der Waals surface area contributed by atoms with Gasteiger partial charge in [0, 0.05) is 25.3 Å². The van der Waals surface area contributed by atoms with E-state index in [-0.39, 0.29) is 18.0 Å². The third-order valence-corrected chi connectivity index (χ3v) is 3.25. The van der Waals surface area contributed by atoms with Gasteiger partial charge in [-0.2, -0.15) is 5.10 Å². The molecule has 2 aromatic rings. The van der Waals surface area contributed by atoms with Gasteiger partial charge in [0.2, 0.25) is 5.91 Å². The van der Waals surface area contributed by atoms with Gasteiger partial charge >= 0.3 is 0 Å². The fourth-order valence-corrected chi connectivity index (χ4v) is 2.09. The monoisotopic (exact) mass is 331 g/mol. The fraction of sp³-hybridized carbons (Fsp3) is 0.353. The molecule has 24 heavy (non-hydrogen) atoms. The summed E-state index contributed by atoms with van der Waals surface area (Å²) in [6.07, 6.45) is 0. The molecule has 2 rings (SSSR count). The van der Waals surface area contributed by atoms with Crippen LogP contribution in [0.1, 0.15) is 6.92 Å². The smallest absolute Gasteiger partial charge is 0.267 e. The van der Waals surface area contributed by atoms with Crippen LogP contribution in [0.15, 0.2) is 41.2 Å². The van der Waals surface area contributed by atoms with Crippen LogP contribution in [0.2, 0.25) is 0 Å². The number of carbonyl (C=O) groups excluding carboxylic acids is 1. The lowest BCUT2D eigenvalue weighted by molar-refractivity contribution is -0.122. The topological polar surface area (TPSA) is 82.5 Å². The number of carbonyl (C=O) groups is 1. The van der Waals surface area contributed by atoms with Gasteiger partial charge in [-0.3, -0.25) is 9.59 Å². The van der Waals surface area contributed by atoms with Gasteiger partial charge in [0.05, 0.1) is 18.9 Å². The van der Waals surface area contributed by atoms with Crippen molar-refractivity contribution in [2.75, 3.05) is 26.9 Å². The Labute approximate surface area is 140 Å². The molecule has 7 nitrogen and oxygen atoms in total. The van der Waals surface area contributed by atoms with Gasteiger partial charge < -0.3 is 14.8 Å². The maximum Gasteiger partial charge on any atom is 0.267 e.